The number of alkyl halides is 3. The van der Waals surface area contributed by atoms with Crippen molar-refractivity contribution in [2.45, 2.75) is 55.5 Å². The third-order valence-electron chi connectivity index (χ3n) is 4.57. The highest BCUT2D eigenvalue weighted by Crippen LogP contribution is 2.51. The molecule has 3 nitrogen and oxygen atoms in total. The number of halogens is 3. The molecular formula is C21H23F3N2OS2. The lowest BCUT2D eigenvalue weighted by Crippen LogP contribution is -2.33. The van der Waals surface area contributed by atoms with Crippen LogP contribution in [0, 0.1) is 0 Å². The van der Waals surface area contributed by atoms with Crippen molar-refractivity contribution >= 4 is 40.5 Å². The van der Waals surface area contributed by atoms with Gasteiger partial charge in [0.15, 0.2) is 5.11 Å². The van der Waals surface area contributed by atoms with Gasteiger partial charge in [0.2, 0.25) is 0 Å². The van der Waals surface area contributed by atoms with Crippen LogP contribution in [0.3, 0.4) is 0 Å². The number of ether oxygens (including phenoxy) is 1. The molecule has 2 aromatic rings. The zero-order chi connectivity index (χ0) is 21.4. The Morgan fingerprint density at radius 2 is 1.59 bits per heavy atom. The summed E-state index contributed by atoms with van der Waals surface area (Å²) in [7, 11) is 0. The number of nitrogens with one attached hydrogen (secondary N) is 2. The average Bonchev–Trinajstić information content (AvgIpc) is 2.54. The van der Waals surface area contributed by atoms with Crippen LogP contribution in [0.5, 0.6) is 5.75 Å². The lowest BCUT2D eigenvalue weighted by molar-refractivity contribution is -0.274. The molecule has 2 N–H and O–H groups in total. The molecule has 0 saturated carbocycles. The predicted molar refractivity (Wildman–Crippen MR) is 117 cm³/mol. The molecule has 8 heteroatoms. The molecule has 0 saturated heterocycles. The van der Waals surface area contributed by atoms with Gasteiger partial charge in [-0.25, -0.2) is 0 Å². The van der Waals surface area contributed by atoms with Crippen LogP contribution in [-0.4, -0.2) is 16.2 Å². The second kappa shape index (κ2) is 7.72. The second-order valence-corrected chi connectivity index (χ2v) is 10.4. The van der Waals surface area contributed by atoms with Crippen molar-refractivity contribution in [3.63, 3.8) is 0 Å². The summed E-state index contributed by atoms with van der Waals surface area (Å²) in [6, 6.07) is 11.6. The van der Waals surface area contributed by atoms with Gasteiger partial charge in [-0.05, 0) is 72.1 Å². The second-order valence-electron chi connectivity index (χ2n) is 8.28. The first kappa shape index (κ1) is 21.8. The van der Waals surface area contributed by atoms with E-state index in [1.165, 1.54) is 34.7 Å². The number of rotatable bonds is 3. The fourth-order valence-corrected chi connectivity index (χ4v) is 5.60. The van der Waals surface area contributed by atoms with Crippen LogP contribution in [0.4, 0.5) is 24.5 Å². The predicted octanol–water partition coefficient (Wildman–Crippen LogP) is 6.95. The summed E-state index contributed by atoms with van der Waals surface area (Å²) in [5, 5.41) is 6.48. The van der Waals surface area contributed by atoms with Crippen molar-refractivity contribution in [3.8, 4) is 5.75 Å². The Morgan fingerprint density at radius 1 is 1.00 bits per heavy atom. The lowest BCUT2D eigenvalue weighted by Gasteiger charge is -2.41. The van der Waals surface area contributed by atoms with Crippen LogP contribution in [0.2, 0.25) is 0 Å². The fraction of sp³-hybridized carbons (Fsp3) is 0.381. The minimum absolute atomic E-state index is 0.0468. The third-order valence-corrected chi connectivity index (χ3v) is 6.04. The van der Waals surface area contributed by atoms with Crippen LogP contribution in [0.25, 0.3) is 0 Å². The highest BCUT2D eigenvalue weighted by Gasteiger charge is 2.38. The maximum Gasteiger partial charge on any atom is 0.573 e. The molecule has 0 atom stereocenters. The quantitative estimate of drug-likeness (QED) is 0.505. The molecule has 0 unspecified atom stereocenters. The van der Waals surface area contributed by atoms with Crippen molar-refractivity contribution in [1.29, 1.82) is 0 Å². The Kier molecular flexibility index (Phi) is 5.80. The number of fused-ring (bicyclic) bond motifs is 1. The highest BCUT2D eigenvalue weighted by molar-refractivity contribution is 8.00. The van der Waals surface area contributed by atoms with Gasteiger partial charge < -0.3 is 15.4 Å². The van der Waals surface area contributed by atoms with E-state index in [4.69, 9.17) is 12.2 Å². The van der Waals surface area contributed by atoms with Gasteiger partial charge in [-0.15, -0.1) is 24.9 Å². The fourth-order valence-electron chi connectivity index (χ4n) is 3.75. The molecule has 0 aliphatic carbocycles. The Balaban J connectivity index is 1.67. The molecule has 0 bridgehead atoms. The summed E-state index contributed by atoms with van der Waals surface area (Å²) in [5.74, 6) is -0.278. The van der Waals surface area contributed by atoms with Crippen molar-refractivity contribution in [3.05, 3.63) is 48.0 Å². The summed E-state index contributed by atoms with van der Waals surface area (Å²) < 4.78 is 40.8. The van der Waals surface area contributed by atoms with E-state index in [0.717, 1.165) is 12.1 Å². The largest absolute Gasteiger partial charge is 0.573 e. The molecule has 0 aromatic heterocycles. The van der Waals surface area contributed by atoms with Gasteiger partial charge in [0, 0.05) is 21.0 Å². The first-order chi connectivity index (χ1) is 13.3. The maximum atomic E-state index is 12.2. The van der Waals surface area contributed by atoms with Gasteiger partial charge in [-0.3, -0.25) is 0 Å². The summed E-state index contributed by atoms with van der Waals surface area (Å²) in [6.45, 7) is 9.02. The number of thioether (sulfide) groups is 1. The van der Waals surface area contributed by atoms with Gasteiger partial charge in [-0.2, -0.15) is 0 Å². The Morgan fingerprint density at radius 3 is 2.21 bits per heavy atom. The molecule has 0 radical (unpaired) electrons. The van der Waals surface area contributed by atoms with Crippen molar-refractivity contribution < 1.29 is 17.9 Å². The maximum absolute atomic E-state index is 12.2. The Labute approximate surface area is 178 Å². The van der Waals surface area contributed by atoms with E-state index < -0.39 is 6.36 Å². The Bertz CT molecular complexity index is 909. The van der Waals surface area contributed by atoms with E-state index in [-0.39, 0.29) is 15.9 Å². The summed E-state index contributed by atoms with van der Waals surface area (Å²) >= 11 is 7.23. The van der Waals surface area contributed by atoms with Crippen molar-refractivity contribution in [2.24, 2.45) is 0 Å². The number of thiocarbonyl (C=S) groups is 1. The molecule has 2 aromatic carbocycles. The van der Waals surface area contributed by atoms with Crippen LogP contribution in [0.15, 0.2) is 47.4 Å². The molecule has 156 valence electrons. The number of hydrogen-bond acceptors (Lipinski definition) is 3. The van der Waals surface area contributed by atoms with E-state index in [2.05, 4.69) is 55.2 Å². The molecule has 0 amide bonds. The minimum Gasteiger partial charge on any atom is -0.406 e. The van der Waals surface area contributed by atoms with Crippen molar-refractivity contribution in [2.75, 3.05) is 10.6 Å². The Hall–Kier alpha value is -1.93. The SMILES string of the molecule is CC1(C)CC(C)(C)c2cc(NC(=S)Nc3ccc(OC(F)(F)F)cc3)ccc2S1. The van der Waals surface area contributed by atoms with E-state index in [9.17, 15) is 13.2 Å². The molecule has 1 heterocycles. The van der Waals surface area contributed by atoms with Gasteiger partial charge >= 0.3 is 6.36 Å². The topological polar surface area (TPSA) is 33.3 Å². The normalized spacial score (nSPS) is 17.2. The molecular weight excluding hydrogens is 417 g/mol. The van der Waals surface area contributed by atoms with Gasteiger partial charge in [-0.1, -0.05) is 27.7 Å². The van der Waals surface area contributed by atoms with Gasteiger partial charge in [0.05, 0.1) is 0 Å². The molecule has 0 fully saturated rings. The molecule has 0 spiro atoms. The highest BCUT2D eigenvalue weighted by atomic mass is 32.2. The van der Waals surface area contributed by atoms with E-state index >= 15 is 0 Å². The number of hydrogen-bond donors (Lipinski definition) is 2. The van der Waals surface area contributed by atoms with E-state index in [1.807, 2.05) is 17.8 Å². The van der Waals surface area contributed by atoms with Crippen LogP contribution in [-0.2, 0) is 5.41 Å². The standard InChI is InChI=1S/C21H23F3N2OS2/c1-19(2)12-20(3,4)29-17-10-7-14(11-16(17)19)26-18(28)25-13-5-8-15(9-6-13)27-21(22,23)24/h5-11H,12H2,1-4H3,(H2,25,26,28). The zero-order valence-corrected chi connectivity index (χ0v) is 18.2. The summed E-state index contributed by atoms with van der Waals surface area (Å²) in [6.07, 6.45) is -3.64. The first-order valence-corrected chi connectivity index (χ1v) is 10.3. The summed E-state index contributed by atoms with van der Waals surface area (Å²) in [5.41, 5.74) is 2.76. The number of anilines is 2. The molecule has 1 aliphatic heterocycles. The monoisotopic (exact) mass is 440 g/mol. The number of benzene rings is 2. The van der Waals surface area contributed by atoms with Gasteiger partial charge in [0.25, 0.3) is 0 Å². The average molecular weight is 441 g/mol. The lowest BCUT2D eigenvalue weighted by atomic mass is 9.77. The minimum atomic E-state index is -4.71. The van der Waals surface area contributed by atoms with Crippen LogP contribution >= 0.6 is 24.0 Å². The first-order valence-electron chi connectivity index (χ1n) is 9.10. The molecule has 29 heavy (non-hydrogen) atoms. The van der Waals surface area contributed by atoms with E-state index in [0.29, 0.717) is 10.8 Å². The molecule has 1 aliphatic rings. The zero-order valence-electron chi connectivity index (χ0n) is 16.6. The smallest absolute Gasteiger partial charge is 0.406 e. The summed E-state index contributed by atoms with van der Waals surface area (Å²) in [4.78, 5) is 1.27. The van der Waals surface area contributed by atoms with Crippen LogP contribution in [0.1, 0.15) is 39.7 Å². The van der Waals surface area contributed by atoms with Gasteiger partial charge in [0.1, 0.15) is 5.75 Å². The molecule has 3 rings (SSSR count). The van der Waals surface area contributed by atoms with E-state index in [1.54, 1.807) is 0 Å². The van der Waals surface area contributed by atoms with Crippen LogP contribution < -0.4 is 15.4 Å². The van der Waals surface area contributed by atoms with Crippen molar-refractivity contribution in [1.82, 2.24) is 0 Å². The third kappa shape index (κ3) is 5.79.